The topological polar surface area (TPSA) is 30.5 Å². The summed E-state index contributed by atoms with van der Waals surface area (Å²) in [7, 11) is 0. The smallest absolute Gasteiger partial charge is 0.126 e. The molecule has 5 rings (SSSR count). The molecule has 1 saturated heterocycles. The SMILES string of the molecule is C=CCCN1CCN(C2=CC(C)(NC3=CC4=C(C3)CC(C)(c3ccccc3)C=C4)NC=C2)CC1.CC(C)C. The summed E-state index contributed by atoms with van der Waals surface area (Å²) in [5.74, 6) is 0.833. The number of piperazine rings is 1. The number of benzene rings is 1. The predicted molar refractivity (Wildman–Crippen MR) is 163 cm³/mol. The molecule has 0 spiro atoms. The first kappa shape index (κ1) is 28.0. The molecule has 204 valence electrons. The fraction of sp³-hybridized carbons (Fsp3) is 0.471. The lowest BCUT2D eigenvalue weighted by Crippen LogP contribution is -2.53. The maximum atomic E-state index is 3.86. The predicted octanol–water partition coefficient (Wildman–Crippen LogP) is 6.65. The number of hydrogen-bond donors (Lipinski definition) is 2. The Kier molecular flexibility index (Phi) is 9.04. The first-order valence-electron chi connectivity index (χ1n) is 14.4. The van der Waals surface area contributed by atoms with E-state index in [-0.39, 0.29) is 11.1 Å². The van der Waals surface area contributed by atoms with Crippen LogP contribution in [0, 0.1) is 5.92 Å². The van der Waals surface area contributed by atoms with E-state index in [1.165, 1.54) is 28.1 Å². The Morgan fingerprint density at radius 1 is 1.05 bits per heavy atom. The zero-order valence-electron chi connectivity index (χ0n) is 24.3. The molecule has 4 aliphatic rings. The van der Waals surface area contributed by atoms with E-state index in [4.69, 9.17) is 0 Å². The Morgan fingerprint density at radius 3 is 2.45 bits per heavy atom. The summed E-state index contributed by atoms with van der Waals surface area (Å²) < 4.78 is 0. The second-order valence-corrected chi connectivity index (χ2v) is 12.2. The van der Waals surface area contributed by atoms with Crippen molar-refractivity contribution in [1.29, 1.82) is 0 Å². The maximum absolute atomic E-state index is 3.86. The fourth-order valence-corrected chi connectivity index (χ4v) is 5.67. The van der Waals surface area contributed by atoms with Crippen LogP contribution in [-0.4, -0.2) is 48.2 Å². The number of rotatable bonds is 7. The van der Waals surface area contributed by atoms with Crippen LogP contribution in [0.5, 0.6) is 0 Å². The van der Waals surface area contributed by atoms with Gasteiger partial charge in [0, 0.05) is 62.2 Å². The van der Waals surface area contributed by atoms with Gasteiger partial charge in [-0.1, -0.05) is 81.8 Å². The van der Waals surface area contributed by atoms with Crippen LogP contribution in [0.15, 0.2) is 102 Å². The van der Waals surface area contributed by atoms with Gasteiger partial charge in [0.25, 0.3) is 0 Å². The Morgan fingerprint density at radius 2 is 1.76 bits per heavy atom. The summed E-state index contributed by atoms with van der Waals surface area (Å²) in [5, 5.41) is 7.38. The van der Waals surface area contributed by atoms with Gasteiger partial charge in [-0.3, -0.25) is 4.90 Å². The molecule has 2 N–H and O–H groups in total. The van der Waals surface area contributed by atoms with Gasteiger partial charge in [0.1, 0.15) is 5.66 Å². The third-order valence-corrected chi connectivity index (χ3v) is 7.67. The Balaban J connectivity index is 0.000000786. The summed E-state index contributed by atoms with van der Waals surface area (Å²) in [5.41, 5.74) is 6.68. The molecular weight excluding hydrogens is 464 g/mol. The van der Waals surface area contributed by atoms with Crippen LogP contribution in [-0.2, 0) is 5.41 Å². The largest absolute Gasteiger partial charge is 0.369 e. The van der Waals surface area contributed by atoms with E-state index in [1.54, 1.807) is 0 Å². The minimum absolute atomic E-state index is 0.0694. The molecule has 0 bridgehead atoms. The monoisotopic (exact) mass is 512 g/mol. The average Bonchev–Trinajstić information content (AvgIpc) is 3.28. The van der Waals surface area contributed by atoms with E-state index < -0.39 is 0 Å². The van der Waals surface area contributed by atoms with E-state index in [1.807, 2.05) is 6.08 Å². The van der Waals surface area contributed by atoms with Crippen molar-refractivity contribution < 1.29 is 0 Å². The summed E-state index contributed by atoms with van der Waals surface area (Å²) in [6.45, 7) is 20.4. The van der Waals surface area contributed by atoms with Crippen molar-refractivity contribution in [3.8, 4) is 0 Å². The first-order valence-corrected chi connectivity index (χ1v) is 14.4. The van der Waals surface area contributed by atoms with Crippen molar-refractivity contribution in [3.63, 3.8) is 0 Å². The third kappa shape index (κ3) is 7.11. The van der Waals surface area contributed by atoms with Gasteiger partial charge in [0.05, 0.1) is 0 Å². The number of dihydropyridines is 1. The molecule has 2 unspecified atom stereocenters. The minimum Gasteiger partial charge on any atom is -0.369 e. The van der Waals surface area contributed by atoms with Crippen LogP contribution in [0.25, 0.3) is 0 Å². The zero-order chi connectivity index (χ0) is 27.2. The van der Waals surface area contributed by atoms with Gasteiger partial charge in [-0.15, -0.1) is 6.58 Å². The van der Waals surface area contributed by atoms with E-state index in [2.05, 4.69) is 129 Å². The normalized spacial score (nSPS) is 26.7. The highest BCUT2D eigenvalue weighted by Crippen LogP contribution is 2.42. The molecule has 2 aliphatic heterocycles. The zero-order valence-corrected chi connectivity index (χ0v) is 24.3. The van der Waals surface area contributed by atoms with Crippen LogP contribution in [0.4, 0.5) is 0 Å². The summed E-state index contributed by atoms with van der Waals surface area (Å²) in [4.78, 5) is 5.05. The average molecular weight is 513 g/mol. The number of nitrogens with zero attached hydrogens (tertiary/aromatic N) is 2. The van der Waals surface area contributed by atoms with Crippen molar-refractivity contribution in [2.75, 3.05) is 32.7 Å². The first-order chi connectivity index (χ1) is 18.2. The van der Waals surface area contributed by atoms with Gasteiger partial charge in [-0.2, -0.15) is 0 Å². The number of allylic oxidation sites excluding steroid dienone is 6. The molecule has 2 atom stereocenters. The van der Waals surface area contributed by atoms with Crippen LogP contribution in [0.2, 0.25) is 0 Å². The molecule has 2 aliphatic carbocycles. The molecular formula is C34H48N4. The molecule has 2 heterocycles. The van der Waals surface area contributed by atoms with E-state index in [0.29, 0.717) is 0 Å². The molecule has 0 amide bonds. The Labute approximate surface area is 231 Å². The van der Waals surface area contributed by atoms with Gasteiger partial charge in [-0.05, 0) is 55.0 Å². The fourth-order valence-electron chi connectivity index (χ4n) is 5.67. The molecule has 38 heavy (non-hydrogen) atoms. The highest BCUT2D eigenvalue weighted by atomic mass is 15.3. The second-order valence-electron chi connectivity index (χ2n) is 12.2. The molecule has 1 aromatic rings. The summed E-state index contributed by atoms with van der Waals surface area (Å²) in [6, 6.07) is 10.9. The van der Waals surface area contributed by atoms with Gasteiger partial charge in [0.15, 0.2) is 0 Å². The van der Waals surface area contributed by atoms with Crippen molar-refractivity contribution in [2.45, 2.75) is 65.0 Å². The molecule has 4 heteroatoms. The van der Waals surface area contributed by atoms with E-state index in [9.17, 15) is 0 Å². The molecule has 0 radical (unpaired) electrons. The lowest BCUT2D eigenvalue weighted by atomic mass is 9.73. The number of nitrogens with one attached hydrogen (secondary N) is 2. The Hall–Kier alpha value is -2.98. The van der Waals surface area contributed by atoms with Crippen LogP contribution in [0.3, 0.4) is 0 Å². The van der Waals surface area contributed by atoms with Crippen LogP contribution >= 0.6 is 0 Å². The third-order valence-electron chi connectivity index (χ3n) is 7.67. The van der Waals surface area contributed by atoms with Gasteiger partial charge >= 0.3 is 0 Å². The number of hydrogen-bond acceptors (Lipinski definition) is 4. The van der Waals surface area contributed by atoms with Crippen molar-refractivity contribution in [3.05, 3.63) is 108 Å². The van der Waals surface area contributed by atoms with Gasteiger partial charge in [-0.25, -0.2) is 0 Å². The second kappa shape index (κ2) is 12.3. The van der Waals surface area contributed by atoms with Gasteiger partial charge < -0.3 is 15.5 Å². The Bertz CT molecular complexity index is 1110. The summed E-state index contributed by atoms with van der Waals surface area (Å²) >= 11 is 0. The molecule has 1 fully saturated rings. The highest BCUT2D eigenvalue weighted by molar-refractivity contribution is 5.52. The molecule has 1 aromatic carbocycles. The maximum Gasteiger partial charge on any atom is 0.126 e. The van der Waals surface area contributed by atoms with Crippen LogP contribution < -0.4 is 10.6 Å². The van der Waals surface area contributed by atoms with Crippen molar-refractivity contribution in [1.82, 2.24) is 20.4 Å². The molecule has 0 aromatic heterocycles. The van der Waals surface area contributed by atoms with E-state index in [0.717, 1.165) is 57.9 Å². The van der Waals surface area contributed by atoms with Crippen molar-refractivity contribution in [2.24, 2.45) is 5.92 Å². The molecule has 4 nitrogen and oxygen atoms in total. The highest BCUT2D eigenvalue weighted by Gasteiger charge is 2.33. The van der Waals surface area contributed by atoms with Crippen molar-refractivity contribution >= 4 is 0 Å². The lowest BCUT2D eigenvalue weighted by Gasteiger charge is -2.40. The molecule has 0 saturated carbocycles. The van der Waals surface area contributed by atoms with Gasteiger partial charge in [0.2, 0.25) is 0 Å². The minimum atomic E-state index is -0.295. The lowest BCUT2D eigenvalue weighted by molar-refractivity contribution is 0.162. The summed E-state index contributed by atoms with van der Waals surface area (Å²) in [6.07, 6.45) is 18.9. The quantitative estimate of drug-likeness (QED) is 0.400. The van der Waals surface area contributed by atoms with E-state index >= 15 is 0 Å². The standard InChI is InChI=1S/C30H38N4.C4H10/c1-4-5-15-33-16-18-34(19-17-33)28-12-14-31-30(3,23-28)32-27-20-24-11-13-29(2,22-25(24)21-27)26-9-7-6-8-10-26;1-4(2)3/h4,6-14,20,23,31-32H,1,5,15-19,21-22H2,2-3H3;4H,1-3H3. The van der Waals surface area contributed by atoms with Crippen LogP contribution in [0.1, 0.15) is 59.4 Å².